The van der Waals surface area contributed by atoms with Crippen molar-refractivity contribution in [2.45, 2.75) is 0 Å². The number of fused-ring (bicyclic) bond motifs is 2. The fourth-order valence-electron chi connectivity index (χ4n) is 7.73. The smallest absolute Gasteiger partial charge is 0.164 e. The molecule has 0 fully saturated rings. The summed E-state index contributed by atoms with van der Waals surface area (Å²) in [5.41, 5.74) is 12.9. The number of pyridine rings is 1. The molecular weight excluding hydrogens is 707 g/mol. The van der Waals surface area contributed by atoms with Gasteiger partial charge in [-0.05, 0) is 74.0 Å². The van der Waals surface area contributed by atoms with E-state index >= 15 is 0 Å². The van der Waals surface area contributed by atoms with Crippen molar-refractivity contribution < 1.29 is 0 Å². The van der Waals surface area contributed by atoms with Gasteiger partial charge in [-0.25, -0.2) is 15.0 Å². The molecule has 0 atom stereocenters. The van der Waals surface area contributed by atoms with Gasteiger partial charge in [0.05, 0.1) is 17.1 Å². The fraction of sp³-hybridized carbons (Fsp3) is 0. The Labute approximate surface area is 336 Å². The minimum Gasteiger partial charge on any atom is -0.256 e. The largest absolute Gasteiger partial charge is 0.256 e. The molecule has 5 heteroatoms. The highest BCUT2D eigenvalue weighted by atomic mass is 15.0. The highest BCUT2D eigenvalue weighted by molar-refractivity contribution is 6.05. The summed E-state index contributed by atoms with van der Waals surface area (Å²) >= 11 is 0. The molecule has 0 aliphatic heterocycles. The zero-order chi connectivity index (χ0) is 38.8. The molecule has 0 saturated carbocycles. The van der Waals surface area contributed by atoms with Crippen LogP contribution in [-0.4, -0.2) is 19.9 Å². The van der Waals surface area contributed by atoms with E-state index in [0.29, 0.717) is 23.0 Å². The summed E-state index contributed by atoms with van der Waals surface area (Å²) in [6, 6.07) is 68.7. The van der Waals surface area contributed by atoms with Crippen LogP contribution in [0.15, 0.2) is 200 Å². The van der Waals surface area contributed by atoms with Crippen LogP contribution in [0.2, 0.25) is 0 Å². The van der Waals surface area contributed by atoms with Crippen molar-refractivity contribution in [1.82, 2.24) is 19.9 Å². The van der Waals surface area contributed by atoms with Gasteiger partial charge in [0.2, 0.25) is 0 Å². The van der Waals surface area contributed by atoms with E-state index in [0.717, 1.165) is 82.9 Å². The van der Waals surface area contributed by atoms with Gasteiger partial charge in [0, 0.05) is 33.8 Å². The molecule has 0 unspecified atom stereocenters. The van der Waals surface area contributed by atoms with Gasteiger partial charge in [0.25, 0.3) is 0 Å². The molecule has 10 aromatic rings. The Kier molecular flexibility index (Phi) is 8.83. The van der Waals surface area contributed by atoms with Gasteiger partial charge < -0.3 is 0 Å². The molecular formula is C53H33N5. The van der Waals surface area contributed by atoms with Crippen LogP contribution in [0.3, 0.4) is 0 Å². The Bertz CT molecular complexity index is 3090. The van der Waals surface area contributed by atoms with Crippen molar-refractivity contribution in [3.05, 3.63) is 206 Å². The van der Waals surface area contributed by atoms with Crippen molar-refractivity contribution in [3.63, 3.8) is 0 Å². The molecule has 0 N–H and O–H groups in total. The lowest BCUT2D eigenvalue weighted by molar-refractivity contribution is 1.07. The van der Waals surface area contributed by atoms with Crippen molar-refractivity contribution in [3.8, 4) is 84.7 Å². The predicted molar refractivity (Wildman–Crippen MR) is 235 cm³/mol. The van der Waals surface area contributed by atoms with Gasteiger partial charge in [-0.2, -0.15) is 5.26 Å². The summed E-state index contributed by atoms with van der Waals surface area (Å²) in [5, 5.41) is 13.5. The molecule has 0 aliphatic rings. The second-order valence-electron chi connectivity index (χ2n) is 14.2. The molecule has 5 nitrogen and oxygen atoms in total. The number of nitriles is 1. The van der Waals surface area contributed by atoms with E-state index in [-0.39, 0.29) is 0 Å². The second-order valence-corrected chi connectivity index (χ2v) is 14.2. The van der Waals surface area contributed by atoms with Gasteiger partial charge in [0.1, 0.15) is 0 Å². The molecule has 58 heavy (non-hydrogen) atoms. The fourth-order valence-corrected chi connectivity index (χ4v) is 7.73. The molecule has 270 valence electrons. The maximum atomic E-state index is 10.2. The van der Waals surface area contributed by atoms with E-state index in [1.54, 1.807) is 0 Å². The number of para-hydroxylation sites is 1. The van der Waals surface area contributed by atoms with Gasteiger partial charge >= 0.3 is 0 Å². The van der Waals surface area contributed by atoms with E-state index in [9.17, 15) is 5.26 Å². The van der Waals surface area contributed by atoms with Crippen LogP contribution in [0.5, 0.6) is 0 Å². The molecule has 0 saturated heterocycles. The molecule has 0 amide bonds. The molecule has 10 rings (SSSR count). The van der Waals surface area contributed by atoms with E-state index < -0.39 is 0 Å². The van der Waals surface area contributed by atoms with Gasteiger partial charge in [0.15, 0.2) is 17.5 Å². The molecule has 8 aromatic carbocycles. The lowest BCUT2D eigenvalue weighted by atomic mass is 9.89. The Morgan fingerprint density at radius 2 is 0.828 bits per heavy atom. The summed E-state index contributed by atoms with van der Waals surface area (Å²) in [5.74, 6) is 1.89. The summed E-state index contributed by atoms with van der Waals surface area (Å²) < 4.78 is 0. The van der Waals surface area contributed by atoms with Crippen LogP contribution in [0.25, 0.3) is 100 Å². The summed E-state index contributed by atoms with van der Waals surface area (Å²) in [4.78, 5) is 19.3. The van der Waals surface area contributed by atoms with Crippen LogP contribution in [0.4, 0.5) is 0 Å². The van der Waals surface area contributed by atoms with Crippen LogP contribution in [0, 0.1) is 11.3 Å². The molecule has 0 bridgehead atoms. The first-order valence-electron chi connectivity index (χ1n) is 19.2. The van der Waals surface area contributed by atoms with Crippen molar-refractivity contribution in [2.75, 3.05) is 0 Å². The third-order valence-electron chi connectivity index (χ3n) is 10.6. The Hall–Kier alpha value is -8.07. The minimum absolute atomic E-state index is 0.614. The normalized spacial score (nSPS) is 11.1. The molecule has 0 spiro atoms. The SMILES string of the molecule is N#Cc1cc(-c2ccc(-c3cccc4cccnc34)cc2)cc(-c2ccc(-c3ccc(-c4nc(-c5ccccc5)nc(-c5ccccc5)n4)cc3)c3ccccc23)c1. The predicted octanol–water partition coefficient (Wildman–Crippen LogP) is 13.1. The van der Waals surface area contributed by atoms with Crippen molar-refractivity contribution in [1.29, 1.82) is 5.26 Å². The van der Waals surface area contributed by atoms with E-state index in [2.05, 4.69) is 126 Å². The zero-order valence-electron chi connectivity index (χ0n) is 31.3. The van der Waals surface area contributed by atoms with Crippen molar-refractivity contribution in [2.24, 2.45) is 0 Å². The van der Waals surface area contributed by atoms with Crippen LogP contribution in [-0.2, 0) is 0 Å². The number of hydrogen-bond acceptors (Lipinski definition) is 5. The lowest BCUT2D eigenvalue weighted by Crippen LogP contribution is -2.00. The maximum absolute atomic E-state index is 10.2. The van der Waals surface area contributed by atoms with Gasteiger partial charge in [-0.3, -0.25) is 4.98 Å². The van der Waals surface area contributed by atoms with Gasteiger partial charge in [-0.1, -0.05) is 170 Å². The quantitative estimate of drug-likeness (QED) is 0.163. The molecule has 0 radical (unpaired) electrons. The first-order valence-corrected chi connectivity index (χ1v) is 19.2. The first kappa shape index (κ1) is 34.4. The Balaban J connectivity index is 0.999. The highest BCUT2D eigenvalue weighted by Crippen LogP contribution is 2.39. The summed E-state index contributed by atoms with van der Waals surface area (Å²) in [7, 11) is 0. The average Bonchev–Trinajstić information content (AvgIpc) is 3.31. The molecule has 2 heterocycles. The minimum atomic E-state index is 0.614. The van der Waals surface area contributed by atoms with E-state index in [4.69, 9.17) is 15.0 Å². The third kappa shape index (κ3) is 6.55. The molecule has 2 aromatic heterocycles. The summed E-state index contributed by atoms with van der Waals surface area (Å²) in [6.45, 7) is 0. The maximum Gasteiger partial charge on any atom is 0.164 e. The number of nitrogens with zero attached hydrogens (tertiary/aromatic N) is 5. The highest BCUT2D eigenvalue weighted by Gasteiger charge is 2.15. The Morgan fingerprint density at radius 1 is 0.345 bits per heavy atom. The van der Waals surface area contributed by atoms with Gasteiger partial charge in [-0.15, -0.1) is 0 Å². The van der Waals surface area contributed by atoms with Crippen molar-refractivity contribution >= 4 is 21.7 Å². The monoisotopic (exact) mass is 739 g/mol. The molecule has 0 aliphatic carbocycles. The first-order chi connectivity index (χ1) is 28.7. The van der Waals surface area contributed by atoms with Crippen LogP contribution in [0.1, 0.15) is 5.56 Å². The van der Waals surface area contributed by atoms with Crippen LogP contribution < -0.4 is 0 Å². The van der Waals surface area contributed by atoms with Crippen LogP contribution >= 0.6 is 0 Å². The Morgan fingerprint density at radius 3 is 1.43 bits per heavy atom. The number of hydrogen-bond donors (Lipinski definition) is 0. The number of aromatic nitrogens is 4. The number of rotatable bonds is 7. The second kappa shape index (κ2) is 14.9. The topological polar surface area (TPSA) is 75.3 Å². The van der Waals surface area contributed by atoms with E-state index in [1.165, 1.54) is 0 Å². The third-order valence-corrected chi connectivity index (χ3v) is 10.6. The zero-order valence-corrected chi connectivity index (χ0v) is 31.3. The summed E-state index contributed by atoms with van der Waals surface area (Å²) in [6.07, 6.45) is 1.84. The average molecular weight is 740 g/mol. The lowest BCUT2D eigenvalue weighted by Gasteiger charge is -2.14. The standard InChI is InChI=1S/C53H33N5/c54-34-35-31-43(36-20-22-38(23-21-36)47-19-9-15-39-16-10-30-55-50(39)47)33-44(32-35)46-29-28-45(48-17-7-8-18-49(46)48)37-24-26-42(27-25-37)53-57-51(40-11-3-1-4-12-40)56-52(58-53)41-13-5-2-6-14-41/h1-33H. The number of benzene rings is 8. The van der Waals surface area contributed by atoms with E-state index in [1.807, 2.05) is 85.1 Å².